The summed E-state index contributed by atoms with van der Waals surface area (Å²) in [7, 11) is 0. The third-order valence-corrected chi connectivity index (χ3v) is 3.68. The zero-order chi connectivity index (χ0) is 9.80. The summed E-state index contributed by atoms with van der Waals surface area (Å²) in [4.78, 5) is 0. The van der Waals surface area contributed by atoms with Crippen molar-refractivity contribution in [1.29, 1.82) is 0 Å². The van der Waals surface area contributed by atoms with Crippen LogP contribution in [-0.2, 0) is 0 Å². The first-order valence-electron chi connectivity index (χ1n) is 5.40. The smallest absolute Gasteiger partial charge is 0.130 e. The van der Waals surface area contributed by atoms with Gasteiger partial charge in [0.15, 0.2) is 0 Å². The Morgan fingerprint density at radius 1 is 1.43 bits per heavy atom. The quantitative estimate of drug-likeness (QED) is 0.835. The molecule has 0 amide bonds. The summed E-state index contributed by atoms with van der Waals surface area (Å²) in [6.07, 6.45) is 8.78. The van der Waals surface area contributed by atoms with Crippen molar-refractivity contribution in [1.82, 2.24) is 9.59 Å². The highest BCUT2D eigenvalue weighted by atomic mass is 32.1. The molecule has 0 bridgehead atoms. The van der Waals surface area contributed by atoms with Crippen molar-refractivity contribution in [2.24, 2.45) is 5.92 Å². The first-order chi connectivity index (χ1) is 6.86. The molecule has 1 fully saturated rings. The van der Waals surface area contributed by atoms with E-state index in [1.807, 2.05) is 6.20 Å². The SMILES string of the molecule is CC(Nc1cnns1)C1CCCCC1. The van der Waals surface area contributed by atoms with E-state index >= 15 is 0 Å². The van der Waals surface area contributed by atoms with Gasteiger partial charge < -0.3 is 5.32 Å². The van der Waals surface area contributed by atoms with Crippen molar-refractivity contribution in [2.45, 2.75) is 45.1 Å². The summed E-state index contributed by atoms with van der Waals surface area (Å²) in [5, 5.41) is 8.41. The van der Waals surface area contributed by atoms with Gasteiger partial charge in [-0.3, -0.25) is 0 Å². The van der Waals surface area contributed by atoms with Gasteiger partial charge in [0.1, 0.15) is 5.00 Å². The molecule has 2 rings (SSSR count). The maximum Gasteiger partial charge on any atom is 0.130 e. The fraction of sp³-hybridized carbons (Fsp3) is 0.800. The summed E-state index contributed by atoms with van der Waals surface area (Å²) < 4.78 is 3.85. The van der Waals surface area contributed by atoms with E-state index in [-0.39, 0.29) is 0 Å². The zero-order valence-electron chi connectivity index (χ0n) is 8.57. The summed E-state index contributed by atoms with van der Waals surface area (Å²) in [5.41, 5.74) is 0. The molecule has 0 radical (unpaired) electrons. The lowest BCUT2D eigenvalue weighted by Crippen LogP contribution is -2.27. The van der Waals surface area contributed by atoms with Crippen LogP contribution in [0, 0.1) is 5.92 Å². The number of rotatable bonds is 3. The van der Waals surface area contributed by atoms with Crippen LogP contribution in [0.3, 0.4) is 0 Å². The molecule has 3 nitrogen and oxygen atoms in total. The van der Waals surface area contributed by atoms with Gasteiger partial charge in [-0.2, -0.15) is 0 Å². The molecule has 0 saturated heterocycles. The van der Waals surface area contributed by atoms with E-state index in [0.29, 0.717) is 6.04 Å². The molecule has 78 valence electrons. The number of anilines is 1. The van der Waals surface area contributed by atoms with E-state index in [0.717, 1.165) is 10.9 Å². The Labute approximate surface area is 89.1 Å². The van der Waals surface area contributed by atoms with E-state index in [1.54, 1.807) is 0 Å². The molecule has 1 aliphatic rings. The standard InChI is InChI=1S/C10H17N3S/c1-8(9-5-3-2-4-6-9)12-10-7-11-13-14-10/h7-9,12H,2-6H2,1H3. The van der Waals surface area contributed by atoms with Gasteiger partial charge in [-0.15, -0.1) is 5.10 Å². The molecular weight excluding hydrogens is 194 g/mol. The van der Waals surface area contributed by atoms with Crippen LogP contribution in [0.15, 0.2) is 6.20 Å². The van der Waals surface area contributed by atoms with Gasteiger partial charge in [0.25, 0.3) is 0 Å². The fourth-order valence-corrected chi connectivity index (χ4v) is 2.72. The molecule has 4 heteroatoms. The Morgan fingerprint density at radius 2 is 2.21 bits per heavy atom. The van der Waals surface area contributed by atoms with E-state index in [1.165, 1.54) is 43.6 Å². The number of hydrogen-bond donors (Lipinski definition) is 1. The van der Waals surface area contributed by atoms with Crippen LogP contribution in [0.5, 0.6) is 0 Å². The number of nitrogens with one attached hydrogen (secondary N) is 1. The minimum absolute atomic E-state index is 0.567. The van der Waals surface area contributed by atoms with Crippen LogP contribution in [-0.4, -0.2) is 15.6 Å². The maximum absolute atomic E-state index is 3.85. The van der Waals surface area contributed by atoms with Crippen molar-refractivity contribution in [2.75, 3.05) is 5.32 Å². The maximum atomic E-state index is 3.85. The molecule has 0 aromatic carbocycles. The molecule has 1 saturated carbocycles. The molecule has 1 heterocycles. The highest BCUT2D eigenvalue weighted by Gasteiger charge is 2.20. The van der Waals surface area contributed by atoms with E-state index in [9.17, 15) is 0 Å². The number of nitrogens with zero attached hydrogens (tertiary/aromatic N) is 2. The second-order valence-electron chi connectivity index (χ2n) is 4.11. The van der Waals surface area contributed by atoms with Gasteiger partial charge >= 0.3 is 0 Å². The van der Waals surface area contributed by atoms with Gasteiger partial charge in [0.05, 0.1) is 6.20 Å². The Balaban J connectivity index is 1.85. The monoisotopic (exact) mass is 211 g/mol. The molecule has 1 unspecified atom stereocenters. The second-order valence-corrected chi connectivity index (χ2v) is 4.90. The first-order valence-corrected chi connectivity index (χ1v) is 6.17. The molecule has 1 atom stereocenters. The van der Waals surface area contributed by atoms with Gasteiger partial charge in [0, 0.05) is 17.6 Å². The molecule has 1 aromatic rings. The fourth-order valence-electron chi connectivity index (χ4n) is 2.21. The minimum Gasteiger partial charge on any atom is -0.372 e. The van der Waals surface area contributed by atoms with E-state index in [2.05, 4.69) is 21.8 Å². The number of hydrogen-bond acceptors (Lipinski definition) is 4. The highest BCUT2D eigenvalue weighted by Crippen LogP contribution is 2.28. The van der Waals surface area contributed by atoms with Crippen molar-refractivity contribution in [3.05, 3.63) is 6.20 Å². The zero-order valence-corrected chi connectivity index (χ0v) is 9.39. The van der Waals surface area contributed by atoms with Crippen LogP contribution >= 0.6 is 11.5 Å². The Hall–Kier alpha value is -0.640. The van der Waals surface area contributed by atoms with Crippen molar-refractivity contribution >= 4 is 16.5 Å². The predicted octanol–water partition coefficient (Wildman–Crippen LogP) is 2.92. The largest absolute Gasteiger partial charge is 0.372 e. The summed E-state index contributed by atoms with van der Waals surface area (Å²) in [6, 6.07) is 0.567. The average molecular weight is 211 g/mol. The Kier molecular flexibility index (Phi) is 3.35. The molecular formula is C10H17N3S. The Morgan fingerprint density at radius 3 is 2.86 bits per heavy atom. The molecule has 0 spiro atoms. The third-order valence-electron chi connectivity index (χ3n) is 3.09. The normalized spacial score (nSPS) is 20.6. The topological polar surface area (TPSA) is 37.8 Å². The molecule has 1 aromatic heterocycles. The summed E-state index contributed by atoms with van der Waals surface area (Å²) >= 11 is 1.44. The van der Waals surface area contributed by atoms with Crippen LogP contribution < -0.4 is 5.32 Å². The third kappa shape index (κ3) is 2.44. The molecule has 1 aliphatic carbocycles. The second kappa shape index (κ2) is 4.73. The minimum atomic E-state index is 0.567. The Bertz CT molecular complexity index is 254. The van der Waals surface area contributed by atoms with Gasteiger partial charge in [-0.25, -0.2) is 0 Å². The van der Waals surface area contributed by atoms with Crippen molar-refractivity contribution in [3.8, 4) is 0 Å². The first kappa shape index (κ1) is 9.90. The predicted molar refractivity (Wildman–Crippen MR) is 59.6 cm³/mol. The summed E-state index contributed by atoms with van der Waals surface area (Å²) in [6.45, 7) is 2.27. The van der Waals surface area contributed by atoms with Gasteiger partial charge in [-0.1, -0.05) is 23.8 Å². The number of aromatic nitrogens is 2. The van der Waals surface area contributed by atoms with E-state index in [4.69, 9.17) is 0 Å². The van der Waals surface area contributed by atoms with Crippen LogP contribution in [0.1, 0.15) is 39.0 Å². The molecule has 14 heavy (non-hydrogen) atoms. The van der Waals surface area contributed by atoms with Crippen LogP contribution in [0.4, 0.5) is 5.00 Å². The van der Waals surface area contributed by atoms with Gasteiger partial charge in [0.2, 0.25) is 0 Å². The van der Waals surface area contributed by atoms with Crippen LogP contribution in [0.25, 0.3) is 0 Å². The van der Waals surface area contributed by atoms with Crippen molar-refractivity contribution < 1.29 is 0 Å². The molecule has 1 N–H and O–H groups in total. The lowest BCUT2D eigenvalue weighted by atomic mass is 9.85. The molecule has 0 aliphatic heterocycles. The van der Waals surface area contributed by atoms with E-state index < -0.39 is 0 Å². The van der Waals surface area contributed by atoms with Crippen LogP contribution in [0.2, 0.25) is 0 Å². The van der Waals surface area contributed by atoms with Gasteiger partial charge in [-0.05, 0) is 25.7 Å². The average Bonchev–Trinajstić information content (AvgIpc) is 2.72. The van der Waals surface area contributed by atoms with Crippen molar-refractivity contribution in [3.63, 3.8) is 0 Å². The summed E-state index contributed by atoms with van der Waals surface area (Å²) in [5.74, 6) is 0.839. The highest BCUT2D eigenvalue weighted by molar-refractivity contribution is 7.09. The lowest BCUT2D eigenvalue weighted by molar-refractivity contribution is 0.328. The lowest BCUT2D eigenvalue weighted by Gasteiger charge is -2.28.